The summed E-state index contributed by atoms with van der Waals surface area (Å²) in [5.41, 5.74) is 0.773. The van der Waals surface area contributed by atoms with Gasteiger partial charge in [-0.15, -0.1) is 0 Å². The monoisotopic (exact) mass is 252 g/mol. The van der Waals surface area contributed by atoms with Gasteiger partial charge in [-0.3, -0.25) is 4.58 Å². The quantitative estimate of drug-likeness (QED) is 0.441. The van der Waals surface area contributed by atoms with Gasteiger partial charge in [-0.25, -0.2) is 4.89 Å². The molecule has 3 heteroatoms. The molecule has 96 valence electrons. The highest BCUT2D eigenvalue weighted by Gasteiger charge is 2.34. The molecule has 0 heterocycles. The second-order valence-electron chi connectivity index (χ2n) is 5.91. The lowest BCUT2D eigenvalue weighted by Gasteiger charge is -2.35. The van der Waals surface area contributed by atoms with E-state index in [0.717, 1.165) is 5.56 Å². The van der Waals surface area contributed by atoms with E-state index in [2.05, 4.69) is 52.5 Å². The maximum atomic E-state index is 5.80. The Hall–Kier alpha value is -0.643. The third-order valence-corrected chi connectivity index (χ3v) is 3.50. The summed E-state index contributed by atoms with van der Waals surface area (Å²) in [7, 11) is -1.67. The van der Waals surface area contributed by atoms with Gasteiger partial charge >= 0.3 is 0 Å². The maximum Gasteiger partial charge on any atom is 0.230 e. The van der Waals surface area contributed by atoms with Crippen LogP contribution in [-0.2, 0) is 15.1 Å². The minimum atomic E-state index is -1.67. The Bertz CT molecular complexity index is 343. The van der Waals surface area contributed by atoms with Crippen molar-refractivity contribution in [2.75, 3.05) is 0 Å². The SMILES string of the molecule is CC(C)C(C)(OO[Si](C)(C)C)c1ccccc1. The summed E-state index contributed by atoms with van der Waals surface area (Å²) in [6.07, 6.45) is 0. The number of hydrogen-bond acceptors (Lipinski definition) is 2. The Morgan fingerprint density at radius 1 is 1.06 bits per heavy atom. The summed E-state index contributed by atoms with van der Waals surface area (Å²) in [6.45, 7) is 12.8. The average Bonchev–Trinajstić information content (AvgIpc) is 2.26. The van der Waals surface area contributed by atoms with Gasteiger partial charge in [0.25, 0.3) is 0 Å². The highest BCUT2D eigenvalue weighted by atomic mass is 28.4. The molecule has 1 aromatic carbocycles. The molecule has 0 amide bonds. The minimum absolute atomic E-state index is 0.348. The molecule has 2 nitrogen and oxygen atoms in total. The summed E-state index contributed by atoms with van der Waals surface area (Å²) in [5.74, 6) is 0.348. The molecule has 0 aliphatic rings. The van der Waals surface area contributed by atoms with Crippen LogP contribution in [0.5, 0.6) is 0 Å². The van der Waals surface area contributed by atoms with E-state index in [9.17, 15) is 0 Å². The lowest BCUT2D eigenvalue weighted by atomic mass is 9.85. The molecule has 1 aromatic rings. The molecule has 0 spiro atoms. The fourth-order valence-corrected chi connectivity index (χ4v) is 1.88. The van der Waals surface area contributed by atoms with Gasteiger partial charge in [-0.2, -0.15) is 0 Å². The molecule has 1 atom stereocenters. The van der Waals surface area contributed by atoms with Crippen LogP contribution in [0.15, 0.2) is 30.3 Å². The molecule has 0 saturated heterocycles. The van der Waals surface area contributed by atoms with Crippen molar-refractivity contribution in [3.8, 4) is 0 Å². The van der Waals surface area contributed by atoms with Crippen LogP contribution in [0.2, 0.25) is 19.6 Å². The van der Waals surface area contributed by atoms with Crippen molar-refractivity contribution in [3.63, 3.8) is 0 Å². The molecule has 0 radical (unpaired) electrons. The van der Waals surface area contributed by atoms with Crippen LogP contribution < -0.4 is 0 Å². The van der Waals surface area contributed by atoms with E-state index in [1.807, 2.05) is 18.2 Å². The molecule has 0 saturated carbocycles. The van der Waals surface area contributed by atoms with Crippen molar-refractivity contribution in [2.24, 2.45) is 5.92 Å². The second kappa shape index (κ2) is 5.34. The van der Waals surface area contributed by atoms with Crippen LogP contribution in [0.25, 0.3) is 0 Å². The van der Waals surface area contributed by atoms with E-state index in [0.29, 0.717) is 5.92 Å². The second-order valence-corrected chi connectivity index (χ2v) is 10.3. The topological polar surface area (TPSA) is 18.5 Å². The summed E-state index contributed by atoms with van der Waals surface area (Å²) >= 11 is 0. The first kappa shape index (κ1) is 14.4. The summed E-state index contributed by atoms with van der Waals surface area (Å²) < 4.78 is 5.65. The molecule has 1 rings (SSSR count). The molecule has 17 heavy (non-hydrogen) atoms. The smallest absolute Gasteiger partial charge is 0.230 e. The van der Waals surface area contributed by atoms with E-state index in [1.54, 1.807) is 0 Å². The van der Waals surface area contributed by atoms with Crippen molar-refractivity contribution in [1.82, 2.24) is 0 Å². The highest BCUT2D eigenvalue weighted by Crippen LogP contribution is 2.34. The number of benzene rings is 1. The average molecular weight is 252 g/mol. The maximum absolute atomic E-state index is 5.80. The molecule has 0 aliphatic heterocycles. The molecule has 0 bridgehead atoms. The molecule has 0 aliphatic carbocycles. The van der Waals surface area contributed by atoms with E-state index < -0.39 is 8.32 Å². The third kappa shape index (κ3) is 3.94. The largest absolute Gasteiger partial charge is 0.286 e. The van der Waals surface area contributed by atoms with Crippen LogP contribution in [0, 0.1) is 5.92 Å². The Labute approximate surface area is 106 Å². The summed E-state index contributed by atoms with van der Waals surface area (Å²) in [4.78, 5) is 5.80. The van der Waals surface area contributed by atoms with E-state index in [4.69, 9.17) is 9.46 Å². The van der Waals surface area contributed by atoms with Crippen LogP contribution >= 0.6 is 0 Å². The Balaban J connectivity index is 2.91. The van der Waals surface area contributed by atoms with Gasteiger partial charge in [0.05, 0.1) is 0 Å². The standard InChI is InChI=1S/C14H24O2Si/c1-12(2)14(3,15-16-17(4,5)6)13-10-8-7-9-11-13/h7-12H,1-6H3. The fourth-order valence-electron chi connectivity index (χ4n) is 1.46. The lowest BCUT2D eigenvalue weighted by molar-refractivity contribution is -0.315. The van der Waals surface area contributed by atoms with Crippen LogP contribution in [0.4, 0.5) is 0 Å². The van der Waals surface area contributed by atoms with Gasteiger partial charge in [0, 0.05) is 0 Å². The summed E-state index contributed by atoms with van der Waals surface area (Å²) in [6, 6.07) is 10.3. The van der Waals surface area contributed by atoms with Crippen molar-refractivity contribution >= 4 is 8.32 Å². The predicted octanol–water partition coefficient (Wildman–Crippen LogP) is 4.34. The fraction of sp³-hybridized carbons (Fsp3) is 0.571. The van der Waals surface area contributed by atoms with E-state index >= 15 is 0 Å². The molecule has 1 unspecified atom stereocenters. The first-order chi connectivity index (χ1) is 7.76. The first-order valence-electron chi connectivity index (χ1n) is 6.18. The number of rotatable bonds is 5. The van der Waals surface area contributed by atoms with Crippen molar-refractivity contribution in [2.45, 2.75) is 46.0 Å². The third-order valence-electron chi connectivity index (χ3n) is 2.91. The highest BCUT2D eigenvalue weighted by molar-refractivity contribution is 6.69. The predicted molar refractivity (Wildman–Crippen MR) is 74.1 cm³/mol. The molecular weight excluding hydrogens is 228 g/mol. The minimum Gasteiger partial charge on any atom is -0.286 e. The van der Waals surface area contributed by atoms with E-state index in [-0.39, 0.29) is 5.60 Å². The molecule has 0 fully saturated rings. The van der Waals surface area contributed by atoms with Crippen molar-refractivity contribution < 1.29 is 9.46 Å². The van der Waals surface area contributed by atoms with Gasteiger partial charge < -0.3 is 0 Å². The zero-order valence-electron chi connectivity index (χ0n) is 11.8. The molecule has 0 N–H and O–H groups in total. The Morgan fingerprint density at radius 2 is 1.59 bits per heavy atom. The summed E-state index contributed by atoms with van der Waals surface area (Å²) in [5, 5.41) is 0. The first-order valence-corrected chi connectivity index (χ1v) is 9.59. The molecule has 0 aromatic heterocycles. The lowest BCUT2D eigenvalue weighted by Crippen LogP contribution is -2.37. The van der Waals surface area contributed by atoms with Crippen LogP contribution in [0.1, 0.15) is 26.3 Å². The van der Waals surface area contributed by atoms with Crippen LogP contribution in [0.3, 0.4) is 0 Å². The van der Waals surface area contributed by atoms with Gasteiger partial charge in [-0.05, 0) is 38.0 Å². The number of hydrogen-bond donors (Lipinski definition) is 0. The van der Waals surface area contributed by atoms with Crippen molar-refractivity contribution in [3.05, 3.63) is 35.9 Å². The van der Waals surface area contributed by atoms with Gasteiger partial charge in [-0.1, -0.05) is 44.2 Å². The zero-order valence-corrected chi connectivity index (χ0v) is 12.8. The van der Waals surface area contributed by atoms with Crippen molar-refractivity contribution in [1.29, 1.82) is 0 Å². The van der Waals surface area contributed by atoms with E-state index in [1.165, 1.54) is 0 Å². The Morgan fingerprint density at radius 3 is 2.00 bits per heavy atom. The molecular formula is C14H24O2Si. The van der Waals surface area contributed by atoms with Gasteiger partial charge in [0.15, 0.2) is 0 Å². The zero-order chi connectivity index (χ0) is 13.1. The van der Waals surface area contributed by atoms with Gasteiger partial charge in [0.2, 0.25) is 8.32 Å². The van der Waals surface area contributed by atoms with Crippen LogP contribution in [-0.4, -0.2) is 8.32 Å². The van der Waals surface area contributed by atoms with Gasteiger partial charge in [0.1, 0.15) is 5.60 Å². The normalized spacial score (nSPS) is 15.9. The Kier molecular flexibility index (Phi) is 4.53.